The first-order valence-electron chi connectivity index (χ1n) is 9.94. The first-order chi connectivity index (χ1) is 14.0. The lowest BCUT2D eigenvalue weighted by Crippen LogP contribution is -2.42. The molecule has 1 amide bonds. The molecule has 2 rings (SSSR count). The van der Waals surface area contributed by atoms with E-state index in [1.54, 1.807) is 31.4 Å². The van der Waals surface area contributed by atoms with E-state index in [0.29, 0.717) is 5.56 Å². The van der Waals surface area contributed by atoms with Gasteiger partial charge in [-0.3, -0.25) is 4.79 Å². The molecule has 0 saturated heterocycles. The van der Waals surface area contributed by atoms with Crippen molar-refractivity contribution in [3.63, 3.8) is 0 Å². The Morgan fingerprint density at radius 1 is 1.07 bits per heavy atom. The van der Waals surface area contributed by atoms with E-state index in [2.05, 4.69) is 25.2 Å². The van der Waals surface area contributed by atoms with Crippen LogP contribution in [0.25, 0.3) is 0 Å². The van der Waals surface area contributed by atoms with Gasteiger partial charge < -0.3 is 10.1 Å². The molecule has 0 radical (unpaired) electrons. The van der Waals surface area contributed by atoms with Gasteiger partial charge in [0.15, 0.2) is 0 Å². The third kappa shape index (κ3) is 5.40. The van der Waals surface area contributed by atoms with Crippen molar-refractivity contribution in [3.8, 4) is 5.75 Å². The van der Waals surface area contributed by atoms with Gasteiger partial charge in [0.25, 0.3) is 0 Å². The molecule has 0 heterocycles. The summed E-state index contributed by atoms with van der Waals surface area (Å²) in [5, 5.41) is 3.01. The van der Waals surface area contributed by atoms with Gasteiger partial charge in [-0.1, -0.05) is 44.2 Å². The zero-order valence-corrected chi connectivity index (χ0v) is 19.6. The summed E-state index contributed by atoms with van der Waals surface area (Å²) in [6.45, 7) is 8.06. The van der Waals surface area contributed by atoms with Gasteiger partial charge in [0.2, 0.25) is 15.9 Å². The number of carbonyl (C=O) groups excluding carboxylic acids is 1. The van der Waals surface area contributed by atoms with Crippen LogP contribution in [0.5, 0.6) is 5.75 Å². The molecule has 6 nitrogen and oxygen atoms in total. The molecule has 0 aliphatic carbocycles. The average molecular weight is 433 g/mol. The van der Waals surface area contributed by atoms with Gasteiger partial charge in [-0.05, 0) is 54.2 Å². The van der Waals surface area contributed by atoms with Crippen molar-refractivity contribution in [2.45, 2.75) is 45.7 Å². The molecule has 0 fully saturated rings. The Labute approximate surface area is 180 Å². The fourth-order valence-corrected chi connectivity index (χ4v) is 4.13. The van der Waals surface area contributed by atoms with Crippen LogP contribution in [-0.2, 0) is 14.8 Å². The number of carbonyl (C=O) groups is 1. The Balaban J connectivity index is 2.39. The summed E-state index contributed by atoms with van der Waals surface area (Å²) in [6, 6.07) is 11.7. The Kier molecular flexibility index (Phi) is 7.66. The molecule has 0 aromatic heterocycles. The highest BCUT2D eigenvalue weighted by Crippen LogP contribution is 2.32. The number of ether oxygens (including phenoxy) is 1. The summed E-state index contributed by atoms with van der Waals surface area (Å²) in [6.07, 6.45) is 1.10. The molecule has 0 aliphatic rings. The zero-order valence-electron chi connectivity index (χ0n) is 18.8. The maximum Gasteiger partial charge on any atom is 0.243 e. The van der Waals surface area contributed by atoms with Gasteiger partial charge in [0, 0.05) is 7.05 Å². The normalized spacial score (nSPS) is 13.9. The molecule has 7 heteroatoms. The quantitative estimate of drug-likeness (QED) is 0.686. The Morgan fingerprint density at radius 3 is 2.17 bits per heavy atom. The van der Waals surface area contributed by atoms with Gasteiger partial charge in [0.1, 0.15) is 11.8 Å². The smallest absolute Gasteiger partial charge is 0.243 e. The predicted octanol–water partition coefficient (Wildman–Crippen LogP) is 3.94. The number of methoxy groups -OCH3 is 1. The van der Waals surface area contributed by atoms with Crippen LogP contribution < -0.4 is 10.1 Å². The molecular weight excluding hydrogens is 400 g/mol. The standard InChI is InChI=1S/C23H32N2O4S/c1-15(2)19-14-20(16(3)13-21(19)29-6)17(4)24-23(26)22(25(5)30(7,27)28)18-11-9-8-10-12-18/h8-15,17,22H,1-7H3,(H,24,26)/t17-,22+/m1/s1. The molecule has 2 atom stereocenters. The summed E-state index contributed by atoms with van der Waals surface area (Å²) in [7, 11) is -0.502. The number of nitrogens with zero attached hydrogens (tertiary/aromatic N) is 1. The lowest BCUT2D eigenvalue weighted by atomic mass is 9.93. The Hall–Kier alpha value is -2.38. The van der Waals surface area contributed by atoms with Crippen molar-refractivity contribution in [2.75, 3.05) is 20.4 Å². The van der Waals surface area contributed by atoms with Crippen LogP contribution in [0.3, 0.4) is 0 Å². The zero-order chi connectivity index (χ0) is 22.6. The highest BCUT2D eigenvalue weighted by Gasteiger charge is 2.31. The van der Waals surface area contributed by atoms with Crippen molar-refractivity contribution in [3.05, 3.63) is 64.7 Å². The second kappa shape index (κ2) is 9.62. The fraction of sp³-hybridized carbons (Fsp3) is 0.435. The Bertz CT molecular complexity index is 988. The number of rotatable bonds is 8. The largest absolute Gasteiger partial charge is 0.496 e. The summed E-state index contributed by atoms with van der Waals surface area (Å²) < 4.78 is 31.0. The average Bonchev–Trinajstić information content (AvgIpc) is 2.67. The highest BCUT2D eigenvalue weighted by molar-refractivity contribution is 7.88. The number of benzene rings is 2. The highest BCUT2D eigenvalue weighted by atomic mass is 32.2. The van der Waals surface area contributed by atoms with E-state index in [1.165, 1.54) is 7.05 Å². The van der Waals surface area contributed by atoms with Crippen molar-refractivity contribution in [1.29, 1.82) is 0 Å². The number of hydrogen-bond acceptors (Lipinski definition) is 4. The lowest BCUT2D eigenvalue weighted by Gasteiger charge is -2.28. The van der Waals surface area contributed by atoms with Crippen LogP contribution >= 0.6 is 0 Å². The van der Waals surface area contributed by atoms with Crippen LogP contribution in [0.4, 0.5) is 0 Å². The predicted molar refractivity (Wildman–Crippen MR) is 120 cm³/mol. The monoisotopic (exact) mass is 432 g/mol. The van der Waals surface area contributed by atoms with Crippen LogP contribution in [0, 0.1) is 6.92 Å². The fourth-order valence-electron chi connectivity index (χ4n) is 3.53. The molecule has 2 aromatic carbocycles. The van der Waals surface area contributed by atoms with Gasteiger partial charge in [-0.15, -0.1) is 0 Å². The van der Waals surface area contributed by atoms with Gasteiger partial charge >= 0.3 is 0 Å². The minimum atomic E-state index is -3.57. The minimum absolute atomic E-state index is 0.260. The molecule has 30 heavy (non-hydrogen) atoms. The van der Waals surface area contributed by atoms with Gasteiger partial charge in [-0.2, -0.15) is 4.31 Å². The van der Waals surface area contributed by atoms with Crippen LogP contribution in [0.1, 0.15) is 61.0 Å². The molecule has 0 bridgehead atoms. The van der Waals surface area contributed by atoms with Crippen LogP contribution in [0.2, 0.25) is 0 Å². The Morgan fingerprint density at radius 2 is 1.67 bits per heavy atom. The molecule has 0 unspecified atom stereocenters. The number of nitrogens with one attached hydrogen (secondary N) is 1. The topological polar surface area (TPSA) is 75.7 Å². The third-order valence-electron chi connectivity index (χ3n) is 5.32. The van der Waals surface area contributed by atoms with Crippen molar-refractivity contribution in [2.24, 2.45) is 0 Å². The molecule has 0 saturated carbocycles. The van der Waals surface area contributed by atoms with E-state index >= 15 is 0 Å². The molecule has 0 aliphatic heterocycles. The van der Waals surface area contributed by atoms with Gasteiger partial charge in [-0.25, -0.2) is 8.42 Å². The summed E-state index contributed by atoms with van der Waals surface area (Å²) >= 11 is 0. The first-order valence-corrected chi connectivity index (χ1v) is 11.8. The first kappa shape index (κ1) is 23.9. The van der Waals surface area contributed by atoms with E-state index in [4.69, 9.17) is 4.74 Å². The minimum Gasteiger partial charge on any atom is -0.496 e. The number of likely N-dealkylation sites (N-methyl/N-ethyl adjacent to an activating group) is 1. The lowest BCUT2D eigenvalue weighted by molar-refractivity contribution is -0.125. The molecular formula is C23H32N2O4S. The van der Waals surface area contributed by atoms with Crippen LogP contribution in [-0.4, -0.2) is 39.0 Å². The molecule has 164 valence electrons. The van der Waals surface area contributed by atoms with E-state index < -0.39 is 16.1 Å². The van der Waals surface area contributed by atoms with Crippen molar-refractivity contribution >= 4 is 15.9 Å². The number of amides is 1. The maximum atomic E-state index is 13.2. The number of aryl methyl sites for hydroxylation is 1. The van der Waals surface area contributed by atoms with E-state index in [1.807, 2.05) is 26.0 Å². The second-order valence-electron chi connectivity index (χ2n) is 7.93. The van der Waals surface area contributed by atoms with E-state index in [9.17, 15) is 13.2 Å². The van der Waals surface area contributed by atoms with Gasteiger partial charge in [0.05, 0.1) is 19.4 Å². The van der Waals surface area contributed by atoms with Crippen LogP contribution in [0.15, 0.2) is 42.5 Å². The second-order valence-corrected chi connectivity index (χ2v) is 9.97. The summed E-state index contributed by atoms with van der Waals surface area (Å²) in [5.41, 5.74) is 3.65. The summed E-state index contributed by atoms with van der Waals surface area (Å²) in [5.74, 6) is 0.710. The molecule has 2 aromatic rings. The van der Waals surface area contributed by atoms with E-state index in [0.717, 1.165) is 33.0 Å². The molecule has 1 N–H and O–H groups in total. The summed E-state index contributed by atoms with van der Waals surface area (Å²) in [4.78, 5) is 13.2. The van der Waals surface area contributed by atoms with Crippen molar-refractivity contribution in [1.82, 2.24) is 9.62 Å². The SMILES string of the molecule is COc1cc(C)c([C@@H](C)NC(=O)[C@H](c2ccccc2)N(C)S(C)(=O)=O)cc1C(C)C. The maximum absolute atomic E-state index is 13.2. The van der Waals surface area contributed by atoms with E-state index in [-0.39, 0.29) is 17.9 Å². The van der Waals surface area contributed by atoms with Crippen molar-refractivity contribution < 1.29 is 17.9 Å². The number of hydrogen-bond donors (Lipinski definition) is 1. The number of sulfonamides is 1. The molecule has 0 spiro atoms. The third-order valence-corrected chi connectivity index (χ3v) is 6.57.